The van der Waals surface area contributed by atoms with Gasteiger partial charge in [-0.2, -0.15) is 0 Å². The SMILES string of the molecule is C=C(NCCCNCCC)c1cc(C(=O)N2CCCC2C(C)=N/C(C)=C\C)cc(N2CCCS2)c1. The summed E-state index contributed by atoms with van der Waals surface area (Å²) in [7, 11) is 0. The number of aliphatic imine (C=N–C) groups is 1. The van der Waals surface area contributed by atoms with E-state index >= 15 is 0 Å². The average Bonchev–Trinajstić information content (AvgIpc) is 3.58. The molecular formula is C28H43N5OS. The summed E-state index contributed by atoms with van der Waals surface area (Å²) in [5.74, 6) is 1.20. The predicted octanol–water partition coefficient (Wildman–Crippen LogP) is 5.48. The van der Waals surface area contributed by atoms with Crippen molar-refractivity contribution in [3.63, 3.8) is 0 Å². The van der Waals surface area contributed by atoms with E-state index in [9.17, 15) is 4.79 Å². The van der Waals surface area contributed by atoms with Gasteiger partial charge in [0.2, 0.25) is 0 Å². The van der Waals surface area contributed by atoms with E-state index in [0.717, 1.165) is 105 Å². The maximum Gasteiger partial charge on any atom is 0.254 e. The third kappa shape index (κ3) is 7.61. The number of amides is 1. The van der Waals surface area contributed by atoms with Crippen LogP contribution in [0.4, 0.5) is 5.69 Å². The quantitative estimate of drug-likeness (QED) is 0.227. The van der Waals surface area contributed by atoms with E-state index in [-0.39, 0.29) is 11.9 Å². The lowest BCUT2D eigenvalue weighted by atomic mass is 10.0. The Hall–Kier alpha value is -2.25. The van der Waals surface area contributed by atoms with E-state index in [4.69, 9.17) is 4.99 Å². The van der Waals surface area contributed by atoms with Gasteiger partial charge in [0.05, 0.1) is 6.04 Å². The minimum absolute atomic E-state index is 0.0580. The Balaban J connectivity index is 1.79. The molecule has 1 unspecified atom stereocenters. The summed E-state index contributed by atoms with van der Waals surface area (Å²) in [6.45, 7) is 17.2. The second-order valence-corrected chi connectivity index (χ2v) is 10.5. The van der Waals surface area contributed by atoms with Crippen LogP contribution in [0.5, 0.6) is 0 Å². The van der Waals surface area contributed by atoms with E-state index in [1.807, 2.05) is 49.8 Å². The third-order valence-electron chi connectivity index (χ3n) is 6.62. The minimum Gasteiger partial charge on any atom is -0.385 e. The molecule has 2 N–H and O–H groups in total. The molecule has 2 aliphatic rings. The fourth-order valence-corrected chi connectivity index (χ4v) is 5.58. The molecule has 0 aliphatic carbocycles. The maximum atomic E-state index is 13.8. The smallest absolute Gasteiger partial charge is 0.254 e. The average molecular weight is 498 g/mol. The maximum absolute atomic E-state index is 13.8. The Morgan fingerprint density at radius 3 is 2.69 bits per heavy atom. The number of anilines is 1. The Morgan fingerprint density at radius 1 is 1.17 bits per heavy atom. The van der Waals surface area contributed by atoms with Crippen molar-refractivity contribution in [1.82, 2.24) is 15.5 Å². The van der Waals surface area contributed by atoms with Crippen LogP contribution in [-0.2, 0) is 0 Å². The van der Waals surface area contributed by atoms with Gasteiger partial charge in [-0.1, -0.05) is 19.6 Å². The first-order valence-corrected chi connectivity index (χ1v) is 14.1. The van der Waals surface area contributed by atoms with Crippen LogP contribution in [-0.4, -0.2) is 61.0 Å². The number of nitrogens with zero attached hydrogens (tertiary/aromatic N) is 3. The molecule has 2 aliphatic heterocycles. The summed E-state index contributed by atoms with van der Waals surface area (Å²) < 4.78 is 2.31. The van der Waals surface area contributed by atoms with Crippen LogP contribution in [0.3, 0.4) is 0 Å². The molecular weight excluding hydrogens is 454 g/mol. The summed E-state index contributed by atoms with van der Waals surface area (Å²) in [5.41, 5.74) is 5.70. The van der Waals surface area contributed by atoms with Crippen molar-refractivity contribution in [1.29, 1.82) is 0 Å². The van der Waals surface area contributed by atoms with Crippen LogP contribution in [0, 0.1) is 0 Å². The van der Waals surface area contributed by atoms with E-state index < -0.39 is 0 Å². The van der Waals surface area contributed by atoms with Crippen molar-refractivity contribution >= 4 is 35.0 Å². The molecule has 0 radical (unpaired) electrons. The molecule has 1 amide bonds. The van der Waals surface area contributed by atoms with E-state index in [0.29, 0.717) is 0 Å². The minimum atomic E-state index is 0.0580. The summed E-state index contributed by atoms with van der Waals surface area (Å²) in [6, 6.07) is 6.30. The zero-order chi connectivity index (χ0) is 25.2. The van der Waals surface area contributed by atoms with Gasteiger partial charge >= 0.3 is 0 Å². The second-order valence-electron chi connectivity index (χ2n) is 9.41. The molecule has 6 nitrogen and oxygen atoms in total. The number of likely N-dealkylation sites (tertiary alicyclic amines) is 1. The topological polar surface area (TPSA) is 60.0 Å². The van der Waals surface area contributed by atoms with Gasteiger partial charge in [-0.05, 0) is 102 Å². The van der Waals surface area contributed by atoms with Crippen molar-refractivity contribution in [2.24, 2.45) is 4.99 Å². The molecule has 7 heteroatoms. The van der Waals surface area contributed by atoms with Crippen molar-refractivity contribution in [3.05, 3.63) is 47.7 Å². The molecule has 192 valence electrons. The molecule has 1 aromatic rings. The van der Waals surface area contributed by atoms with Crippen molar-refractivity contribution < 1.29 is 4.79 Å². The van der Waals surface area contributed by atoms with Crippen LogP contribution in [0.2, 0.25) is 0 Å². The van der Waals surface area contributed by atoms with Crippen LogP contribution in [0.25, 0.3) is 5.70 Å². The normalized spacial score (nSPS) is 18.9. The fourth-order valence-electron chi connectivity index (χ4n) is 4.59. The lowest BCUT2D eigenvalue weighted by Gasteiger charge is -2.26. The Bertz CT molecular complexity index is 935. The highest BCUT2D eigenvalue weighted by atomic mass is 32.2. The standard InChI is InChI=1S/C28H43N5OS/c1-6-12-29-13-9-14-30-22(4)24-18-25(20-26(19-24)33-16-10-17-35-33)28(34)32-15-8-11-27(32)23(5)31-21(3)7-2/h7,18-20,27,29-30H,4,6,8-17H2,1-3,5H3/b21-7-,31-23?. The van der Waals surface area contributed by atoms with Gasteiger partial charge in [-0.15, -0.1) is 0 Å². The molecule has 0 aromatic heterocycles. The first-order chi connectivity index (χ1) is 16.9. The number of nitrogens with one attached hydrogen (secondary N) is 2. The number of carbonyl (C=O) groups is 1. The summed E-state index contributed by atoms with van der Waals surface area (Å²) in [6.07, 6.45) is 7.32. The third-order valence-corrected chi connectivity index (χ3v) is 7.79. The van der Waals surface area contributed by atoms with Crippen LogP contribution < -0.4 is 14.9 Å². The van der Waals surface area contributed by atoms with Gasteiger partial charge in [0.15, 0.2) is 0 Å². The molecule has 0 spiro atoms. The van der Waals surface area contributed by atoms with Gasteiger partial charge in [0, 0.05) is 53.7 Å². The monoisotopic (exact) mass is 497 g/mol. The molecule has 1 atom stereocenters. The first kappa shape index (κ1) is 27.3. The zero-order valence-electron chi connectivity index (χ0n) is 22.0. The lowest BCUT2D eigenvalue weighted by molar-refractivity contribution is 0.0769. The van der Waals surface area contributed by atoms with Crippen molar-refractivity contribution in [2.45, 2.75) is 65.8 Å². The number of hydrogen-bond acceptors (Lipinski definition) is 6. The highest BCUT2D eigenvalue weighted by Gasteiger charge is 2.32. The molecule has 0 bridgehead atoms. The number of hydrogen-bond donors (Lipinski definition) is 2. The van der Waals surface area contributed by atoms with Crippen molar-refractivity contribution in [3.8, 4) is 0 Å². The van der Waals surface area contributed by atoms with Crippen LogP contribution >= 0.6 is 11.9 Å². The zero-order valence-corrected chi connectivity index (χ0v) is 22.8. The van der Waals surface area contributed by atoms with E-state index in [1.165, 1.54) is 0 Å². The first-order valence-electron chi connectivity index (χ1n) is 13.1. The Morgan fingerprint density at radius 2 is 1.97 bits per heavy atom. The van der Waals surface area contributed by atoms with Crippen LogP contribution in [0.15, 0.2) is 41.5 Å². The van der Waals surface area contributed by atoms with Gasteiger partial charge in [-0.25, -0.2) is 0 Å². The Labute approximate surface area is 216 Å². The second kappa shape index (κ2) is 13.7. The number of carbonyl (C=O) groups excluding carboxylic acids is 1. The number of benzene rings is 1. The molecule has 1 aromatic carbocycles. The largest absolute Gasteiger partial charge is 0.385 e. The molecule has 2 heterocycles. The van der Waals surface area contributed by atoms with E-state index in [2.05, 4.69) is 40.6 Å². The van der Waals surface area contributed by atoms with E-state index in [1.54, 1.807) is 0 Å². The molecule has 0 saturated carbocycles. The van der Waals surface area contributed by atoms with Gasteiger partial charge < -0.3 is 19.8 Å². The predicted molar refractivity (Wildman–Crippen MR) is 152 cm³/mol. The molecule has 2 fully saturated rings. The number of allylic oxidation sites excluding steroid dienone is 2. The molecule has 2 saturated heterocycles. The highest BCUT2D eigenvalue weighted by Crippen LogP contribution is 2.32. The lowest BCUT2D eigenvalue weighted by Crippen LogP contribution is -2.39. The van der Waals surface area contributed by atoms with Gasteiger partial charge in [0.1, 0.15) is 0 Å². The Kier molecular flexibility index (Phi) is 10.7. The molecule has 3 rings (SSSR count). The van der Waals surface area contributed by atoms with Crippen molar-refractivity contribution in [2.75, 3.05) is 42.8 Å². The summed E-state index contributed by atoms with van der Waals surface area (Å²) in [4.78, 5) is 20.5. The summed E-state index contributed by atoms with van der Waals surface area (Å²) in [5, 5.41) is 6.91. The molecule has 35 heavy (non-hydrogen) atoms. The van der Waals surface area contributed by atoms with Gasteiger partial charge in [-0.3, -0.25) is 9.79 Å². The van der Waals surface area contributed by atoms with Crippen LogP contribution in [0.1, 0.15) is 75.7 Å². The highest BCUT2D eigenvalue weighted by molar-refractivity contribution is 8.00. The number of rotatable bonds is 12. The fraction of sp³-hybridized carbons (Fsp3) is 0.571. The summed E-state index contributed by atoms with van der Waals surface area (Å²) >= 11 is 1.84. The van der Waals surface area contributed by atoms with Gasteiger partial charge in [0.25, 0.3) is 5.91 Å².